The van der Waals surface area contributed by atoms with Crippen LogP contribution in [0.15, 0.2) is 46.5 Å². The maximum atomic E-state index is 13.1. The summed E-state index contributed by atoms with van der Waals surface area (Å²) in [6.07, 6.45) is -0.278. The van der Waals surface area contributed by atoms with Gasteiger partial charge in [-0.3, -0.25) is 9.11 Å². The zero-order chi connectivity index (χ0) is 19.1. The topological polar surface area (TPSA) is 159 Å². The van der Waals surface area contributed by atoms with Crippen LogP contribution in [-0.4, -0.2) is 40.9 Å². The summed E-state index contributed by atoms with van der Waals surface area (Å²) < 4.78 is 78.6. The maximum absolute atomic E-state index is 13.1. The van der Waals surface area contributed by atoms with Gasteiger partial charge in [0.15, 0.2) is 0 Å². The molecule has 0 fully saturated rings. The van der Waals surface area contributed by atoms with Crippen LogP contribution < -0.4 is 5.32 Å². The molecule has 3 N–H and O–H groups in total. The number of nitrogens with one attached hydrogen (secondary N) is 1. The molecule has 1 aromatic heterocycles. The summed E-state index contributed by atoms with van der Waals surface area (Å²) in [6.45, 7) is 0. The Morgan fingerprint density at radius 3 is 2.27 bits per heavy atom. The van der Waals surface area contributed by atoms with E-state index < -0.39 is 36.1 Å². The molecule has 0 spiro atoms. The average molecular weight is 400 g/mol. The van der Waals surface area contributed by atoms with Crippen molar-refractivity contribution in [2.24, 2.45) is 0 Å². The van der Waals surface area contributed by atoms with Crippen molar-refractivity contribution in [3.63, 3.8) is 0 Å². The third-order valence-electron chi connectivity index (χ3n) is 3.30. The summed E-state index contributed by atoms with van der Waals surface area (Å²) in [5, 5.41) is 2.08. The van der Waals surface area contributed by atoms with Crippen LogP contribution in [0.25, 0.3) is 10.8 Å². The molecule has 0 aliphatic rings. The molecule has 2 aromatic carbocycles. The highest BCUT2D eigenvalue weighted by Gasteiger charge is 2.23. The van der Waals surface area contributed by atoms with Crippen LogP contribution in [0.2, 0.25) is 0 Å². The van der Waals surface area contributed by atoms with Crippen LogP contribution in [0.4, 0.5) is 16.0 Å². The summed E-state index contributed by atoms with van der Waals surface area (Å²) in [6, 6.07) is 5.80. The van der Waals surface area contributed by atoms with Gasteiger partial charge in [0.1, 0.15) is 16.1 Å². The Hall–Kier alpha value is -2.74. The molecule has 0 atom stereocenters. The van der Waals surface area contributed by atoms with E-state index in [0.29, 0.717) is 0 Å². The van der Waals surface area contributed by atoms with Crippen molar-refractivity contribution in [3.05, 3.63) is 42.7 Å². The predicted octanol–water partition coefficient (Wildman–Crippen LogP) is 1.40. The minimum atomic E-state index is -4.86. The number of nitrogens with zero attached hydrogens (tertiary/aromatic N) is 3. The number of anilines is 2. The fourth-order valence-corrected chi connectivity index (χ4v) is 3.92. The van der Waals surface area contributed by atoms with Crippen LogP contribution in [0, 0.1) is 6.08 Å². The first-order valence-corrected chi connectivity index (χ1v) is 9.57. The highest BCUT2D eigenvalue weighted by atomic mass is 32.2. The molecule has 26 heavy (non-hydrogen) atoms. The highest BCUT2D eigenvalue weighted by molar-refractivity contribution is 7.86. The molecule has 0 aliphatic heterocycles. The third-order valence-corrected chi connectivity index (χ3v) is 5.16. The monoisotopic (exact) mass is 400 g/mol. The largest absolute Gasteiger partial charge is 0.323 e. The SMILES string of the molecule is O=S(=O)(O)c1cccc2c(S(=O)(=O)O)c(Nc3ncnc(F)n3)ccc12. The summed E-state index contributed by atoms with van der Waals surface area (Å²) in [5.74, 6) is -0.340. The van der Waals surface area contributed by atoms with Gasteiger partial charge in [-0.1, -0.05) is 18.2 Å². The van der Waals surface area contributed by atoms with Crippen molar-refractivity contribution in [3.8, 4) is 0 Å². The Morgan fingerprint density at radius 2 is 1.65 bits per heavy atom. The number of benzene rings is 2. The van der Waals surface area contributed by atoms with Crippen LogP contribution >= 0.6 is 0 Å². The van der Waals surface area contributed by atoms with E-state index in [1.54, 1.807) is 0 Å². The maximum Gasteiger partial charge on any atom is 0.313 e. The second kappa shape index (κ2) is 6.21. The fraction of sp³-hybridized carbons (Fsp3) is 0. The molecule has 0 amide bonds. The molecule has 10 nitrogen and oxygen atoms in total. The van der Waals surface area contributed by atoms with Crippen molar-refractivity contribution in [2.45, 2.75) is 9.79 Å². The van der Waals surface area contributed by atoms with Gasteiger partial charge in [-0.2, -0.15) is 31.2 Å². The van der Waals surface area contributed by atoms with Crippen molar-refractivity contribution >= 4 is 42.6 Å². The Kier molecular flexibility index (Phi) is 4.31. The lowest BCUT2D eigenvalue weighted by molar-refractivity contribution is 0.481. The van der Waals surface area contributed by atoms with Gasteiger partial charge in [0.25, 0.3) is 20.2 Å². The number of hydrogen-bond donors (Lipinski definition) is 3. The van der Waals surface area contributed by atoms with Crippen molar-refractivity contribution in [1.82, 2.24) is 15.0 Å². The van der Waals surface area contributed by atoms with Gasteiger partial charge in [0.2, 0.25) is 5.95 Å². The van der Waals surface area contributed by atoms with E-state index in [0.717, 1.165) is 18.5 Å². The molecule has 0 radical (unpaired) electrons. The normalized spacial score (nSPS) is 12.3. The van der Waals surface area contributed by atoms with Gasteiger partial charge in [-0.25, -0.2) is 4.98 Å². The fourth-order valence-electron chi connectivity index (χ4n) is 2.36. The molecule has 3 aromatic rings. The number of fused-ring (bicyclic) bond motifs is 1. The smallest absolute Gasteiger partial charge is 0.313 e. The third kappa shape index (κ3) is 3.45. The lowest BCUT2D eigenvalue weighted by Gasteiger charge is -2.13. The molecule has 136 valence electrons. The number of aromatic nitrogens is 3. The second-order valence-corrected chi connectivity index (χ2v) is 7.70. The van der Waals surface area contributed by atoms with Crippen LogP contribution in [0.5, 0.6) is 0 Å². The first kappa shape index (κ1) is 18.1. The lowest BCUT2D eigenvalue weighted by atomic mass is 10.1. The van der Waals surface area contributed by atoms with Gasteiger partial charge in [-0.15, -0.1) is 0 Å². The van der Waals surface area contributed by atoms with E-state index in [4.69, 9.17) is 0 Å². The van der Waals surface area contributed by atoms with E-state index in [2.05, 4.69) is 20.3 Å². The van der Waals surface area contributed by atoms with Crippen LogP contribution in [0.3, 0.4) is 0 Å². The predicted molar refractivity (Wildman–Crippen MR) is 86.6 cm³/mol. The molecule has 0 saturated heterocycles. The van der Waals surface area contributed by atoms with E-state index >= 15 is 0 Å². The molecular weight excluding hydrogens is 391 g/mol. The lowest BCUT2D eigenvalue weighted by Crippen LogP contribution is -2.08. The zero-order valence-electron chi connectivity index (χ0n) is 12.5. The van der Waals surface area contributed by atoms with Gasteiger partial charge in [0, 0.05) is 10.8 Å². The van der Waals surface area contributed by atoms with Crippen molar-refractivity contribution in [1.29, 1.82) is 0 Å². The van der Waals surface area contributed by atoms with Crippen LogP contribution in [-0.2, 0) is 20.2 Å². The number of halogens is 1. The molecule has 0 saturated carbocycles. The number of hydrogen-bond acceptors (Lipinski definition) is 8. The van der Waals surface area contributed by atoms with E-state index in [9.17, 15) is 30.3 Å². The second-order valence-electron chi connectivity index (χ2n) is 4.95. The Bertz CT molecular complexity index is 1230. The minimum Gasteiger partial charge on any atom is -0.323 e. The Balaban J connectivity index is 2.32. The summed E-state index contributed by atoms with van der Waals surface area (Å²) in [5.41, 5.74) is -0.238. The van der Waals surface area contributed by atoms with Crippen LogP contribution in [0.1, 0.15) is 0 Å². The average Bonchev–Trinajstić information content (AvgIpc) is 2.52. The first-order valence-electron chi connectivity index (χ1n) is 6.69. The van der Waals surface area contributed by atoms with Crippen molar-refractivity contribution < 1.29 is 30.3 Å². The van der Waals surface area contributed by atoms with Gasteiger partial charge in [-0.05, 0) is 12.1 Å². The Labute approximate surface area is 146 Å². The molecular formula is C13H9FN4O6S2. The molecule has 0 unspecified atom stereocenters. The molecule has 0 bridgehead atoms. The minimum absolute atomic E-state index is 0.144. The molecule has 13 heteroatoms. The van der Waals surface area contributed by atoms with Crippen molar-refractivity contribution in [2.75, 3.05) is 5.32 Å². The zero-order valence-corrected chi connectivity index (χ0v) is 14.2. The van der Waals surface area contributed by atoms with Gasteiger partial charge in [0.05, 0.1) is 5.69 Å². The Morgan fingerprint density at radius 1 is 0.923 bits per heavy atom. The molecule has 0 aliphatic carbocycles. The summed E-state index contributed by atoms with van der Waals surface area (Å²) in [7, 11) is -9.50. The van der Waals surface area contributed by atoms with E-state index in [-0.39, 0.29) is 22.4 Å². The summed E-state index contributed by atoms with van der Waals surface area (Å²) in [4.78, 5) is 8.84. The standard InChI is InChI=1S/C13H9FN4O6S2/c14-12-15-6-16-13(18-12)17-9-5-4-7-8(11(9)26(22,23)24)2-1-3-10(7)25(19,20)21/h1-6H,(H,19,20,21)(H,22,23,24)(H,15,16,17,18). The first-order chi connectivity index (χ1) is 12.1. The van der Waals surface area contributed by atoms with Gasteiger partial charge < -0.3 is 5.32 Å². The number of rotatable bonds is 4. The quantitative estimate of drug-likeness (QED) is 0.546. The van der Waals surface area contributed by atoms with E-state index in [1.807, 2.05) is 0 Å². The molecule has 1 heterocycles. The van der Waals surface area contributed by atoms with Gasteiger partial charge >= 0.3 is 6.08 Å². The summed E-state index contributed by atoms with van der Waals surface area (Å²) >= 11 is 0. The van der Waals surface area contributed by atoms with E-state index in [1.165, 1.54) is 18.2 Å². The molecule has 3 rings (SSSR count). The highest BCUT2D eigenvalue weighted by Crippen LogP contribution is 2.34.